The topological polar surface area (TPSA) is 89.3 Å². The van der Waals surface area contributed by atoms with Crippen molar-refractivity contribution in [2.75, 3.05) is 11.5 Å². The van der Waals surface area contributed by atoms with E-state index >= 15 is 0 Å². The first-order chi connectivity index (χ1) is 6.61. The maximum atomic E-state index is 10.2. The molecule has 72 valence electrons. The third-order valence-corrected chi connectivity index (χ3v) is 1.60. The summed E-state index contributed by atoms with van der Waals surface area (Å²) in [4.78, 5) is 10.2. The van der Waals surface area contributed by atoms with E-state index in [-0.39, 0.29) is 6.42 Å². The molecule has 0 aliphatic rings. The van der Waals surface area contributed by atoms with Crippen molar-refractivity contribution in [1.82, 2.24) is 0 Å². The van der Waals surface area contributed by atoms with Crippen LogP contribution in [0.1, 0.15) is 12.0 Å². The summed E-state index contributed by atoms with van der Waals surface area (Å²) < 4.78 is 0. The van der Waals surface area contributed by atoms with Gasteiger partial charge in [-0.25, -0.2) is 0 Å². The van der Waals surface area contributed by atoms with Crippen LogP contribution in [-0.2, 0) is 4.79 Å². The van der Waals surface area contributed by atoms with Crippen molar-refractivity contribution in [3.05, 3.63) is 23.8 Å². The molecule has 4 heteroatoms. The van der Waals surface area contributed by atoms with Gasteiger partial charge in [0.05, 0.1) is 11.4 Å². The zero-order valence-corrected chi connectivity index (χ0v) is 7.45. The maximum absolute atomic E-state index is 10.2. The summed E-state index contributed by atoms with van der Waals surface area (Å²) in [6.45, 7) is 0. The van der Waals surface area contributed by atoms with Crippen molar-refractivity contribution >= 4 is 17.3 Å². The summed E-state index contributed by atoms with van der Waals surface area (Å²) in [5.41, 5.74) is 12.6. The Morgan fingerprint density at radius 2 is 2.14 bits per heavy atom. The Labute approximate surface area is 81.5 Å². The van der Waals surface area contributed by atoms with Crippen molar-refractivity contribution in [1.29, 1.82) is 0 Å². The van der Waals surface area contributed by atoms with Gasteiger partial charge in [0, 0.05) is 5.56 Å². The first kappa shape index (κ1) is 9.93. The zero-order chi connectivity index (χ0) is 10.6. The molecule has 5 N–H and O–H groups in total. The van der Waals surface area contributed by atoms with Crippen LogP contribution >= 0.6 is 0 Å². The van der Waals surface area contributed by atoms with Crippen molar-refractivity contribution in [2.45, 2.75) is 6.42 Å². The largest absolute Gasteiger partial charge is 0.481 e. The second-order valence-corrected chi connectivity index (χ2v) is 2.68. The molecule has 0 bridgehead atoms. The quantitative estimate of drug-likeness (QED) is 0.448. The fraction of sp³-hybridized carbons (Fsp3) is 0.100. The van der Waals surface area contributed by atoms with Gasteiger partial charge in [-0.15, -0.1) is 0 Å². The highest BCUT2D eigenvalue weighted by Gasteiger charge is 1.98. The smallest absolute Gasteiger partial charge is 0.315 e. The number of carboxylic acids is 1. The molecule has 4 nitrogen and oxygen atoms in total. The molecule has 0 aliphatic heterocycles. The number of hydrogen-bond acceptors (Lipinski definition) is 3. The van der Waals surface area contributed by atoms with Crippen LogP contribution in [0, 0.1) is 11.8 Å². The van der Waals surface area contributed by atoms with Crippen molar-refractivity contribution in [3.8, 4) is 11.8 Å². The van der Waals surface area contributed by atoms with Crippen LogP contribution in [0.5, 0.6) is 0 Å². The number of para-hydroxylation sites is 1. The first-order valence-corrected chi connectivity index (χ1v) is 3.96. The molecular weight excluding hydrogens is 180 g/mol. The highest BCUT2D eigenvalue weighted by molar-refractivity contribution is 5.73. The molecule has 1 rings (SSSR count). The highest BCUT2D eigenvalue weighted by atomic mass is 16.4. The van der Waals surface area contributed by atoms with Gasteiger partial charge in [-0.3, -0.25) is 4.79 Å². The Morgan fingerprint density at radius 3 is 2.79 bits per heavy atom. The second-order valence-electron chi connectivity index (χ2n) is 2.68. The molecule has 14 heavy (non-hydrogen) atoms. The minimum atomic E-state index is -0.958. The molecule has 0 aliphatic carbocycles. The molecular formula is C10H10N2O2. The van der Waals surface area contributed by atoms with Crippen molar-refractivity contribution < 1.29 is 9.90 Å². The number of carboxylic acid groups (broad SMARTS) is 1. The van der Waals surface area contributed by atoms with Crippen molar-refractivity contribution in [3.63, 3.8) is 0 Å². The third-order valence-electron chi connectivity index (χ3n) is 1.60. The molecule has 0 aromatic heterocycles. The molecule has 0 saturated carbocycles. The molecule has 0 saturated heterocycles. The van der Waals surface area contributed by atoms with Crippen LogP contribution in [-0.4, -0.2) is 11.1 Å². The van der Waals surface area contributed by atoms with E-state index in [1.165, 1.54) is 0 Å². The van der Waals surface area contributed by atoms with Gasteiger partial charge in [-0.1, -0.05) is 17.9 Å². The van der Waals surface area contributed by atoms with E-state index in [0.717, 1.165) is 0 Å². The summed E-state index contributed by atoms with van der Waals surface area (Å²) in [7, 11) is 0. The molecule has 1 aromatic rings. The van der Waals surface area contributed by atoms with E-state index in [1.807, 2.05) is 0 Å². The number of anilines is 2. The monoisotopic (exact) mass is 190 g/mol. The number of carbonyl (C=O) groups is 1. The van der Waals surface area contributed by atoms with E-state index in [0.29, 0.717) is 16.9 Å². The van der Waals surface area contributed by atoms with E-state index in [4.69, 9.17) is 16.6 Å². The van der Waals surface area contributed by atoms with Crippen LogP contribution in [0.2, 0.25) is 0 Å². The van der Waals surface area contributed by atoms with Crippen LogP contribution in [0.15, 0.2) is 18.2 Å². The van der Waals surface area contributed by atoms with Crippen LogP contribution in [0.25, 0.3) is 0 Å². The van der Waals surface area contributed by atoms with Gasteiger partial charge in [0.15, 0.2) is 0 Å². The van der Waals surface area contributed by atoms with E-state index < -0.39 is 5.97 Å². The van der Waals surface area contributed by atoms with Gasteiger partial charge >= 0.3 is 5.97 Å². The van der Waals surface area contributed by atoms with Crippen LogP contribution in [0.3, 0.4) is 0 Å². The number of nitrogens with two attached hydrogens (primary N) is 2. The predicted octanol–water partition coefficient (Wildman–Crippen LogP) is 0.677. The van der Waals surface area contributed by atoms with Gasteiger partial charge in [-0.05, 0) is 12.1 Å². The summed E-state index contributed by atoms with van der Waals surface area (Å²) in [5, 5.41) is 8.36. The number of hydrogen-bond donors (Lipinski definition) is 3. The summed E-state index contributed by atoms with van der Waals surface area (Å²) >= 11 is 0. The lowest BCUT2D eigenvalue weighted by molar-refractivity contribution is -0.135. The van der Waals surface area contributed by atoms with Crippen molar-refractivity contribution in [2.24, 2.45) is 0 Å². The zero-order valence-electron chi connectivity index (χ0n) is 7.45. The van der Waals surface area contributed by atoms with Gasteiger partial charge in [0.25, 0.3) is 0 Å². The molecule has 0 radical (unpaired) electrons. The lowest BCUT2D eigenvalue weighted by atomic mass is 10.1. The highest BCUT2D eigenvalue weighted by Crippen LogP contribution is 2.17. The molecule has 0 fully saturated rings. The van der Waals surface area contributed by atoms with E-state index in [1.54, 1.807) is 18.2 Å². The normalized spacial score (nSPS) is 8.86. The van der Waals surface area contributed by atoms with Crippen LogP contribution in [0.4, 0.5) is 11.4 Å². The molecule has 0 spiro atoms. The number of aliphatic carboxylic acids is 1. The standard InChI is InChI=1S/C10H10N2O2/c11-8-5-1-3-7(10(8)12)4-2-6-9(13)14/h1,3,5H,6,11-12H2,(H,13,14). The summed E-state index contributed by atoms with van der Waals surface area (Å²) in [6, 6.07) is 5.08. The van der Waals surface area contributed by atoms with Gasteiger partial charge in [0.1, 0.15) is 6.42 Å². The molecule has 0 unspecified atom stereocenters. The molecule has 0 heterocycles. The Kier molecular flexibility index (Phi) is 2.97. The first-order valence-electron chi connectivity index (χ1n) is 3.96. The predicted molar refractivity (Wildman–Crippen MR) is 54.4 cm³/mol. The Hall–Kier alpha value is -2.15. The van der Waals surface area contributed by atoms with Gasteiger partial charge < -0.3 is 16.6 Å². The SMILES string of the molecule is Nc1cccc(C#CCC(=O)O)c1N. The second kappa shape index (κ2) is 4.19. The van der Waals surface area contributed by atoms with E-state index in [9.17, 15) is 4.79 Å². The molecule has 1 aromatic carbocycles. The average Bonchev–Trinajstić information content (AvgIpc) is 2.12. The average molecular weight is 190 g/mol. The van der Waals surface area contributed by atoms with Gasteiger partial charge in [-0.2, -0.15) is 0 Å². The third kappa shape index (κ3) is 2.42. The molecule has 0 atom stereocenters. The fourth-order valence-corrected chi connectivity index (χ4v) is 0.907. The Morgan fingerprint density at radius 1 is 1.43 bits per heavy atom. The minimum Gasteiger partial charge on any atom is -0.481 e. The van der Waals surface area contributed by atoms with Gasteiger partial charge in [0.2, 0.25) is 0 Å². The van der Waals surface area contributed by atoms with E-state index in [2.05, 4.69) is 11.8 Å². The Bertz CT molecular complexity index is 416. The summed E-state index contributed by atoms with van der Waals surface area (Å²) in [5.74, 6) is 4.17. The Balaban J connectivity index is 2.90. The summed E-state index contributed by atoms with van der Waals surface area (Å²) in [6.07, 6.45) is -0.200. The maximum Gasteiger partial charge on any atom is 0.315 e. The fourth-order valence-electron chi connectivity index (χ4n) is 0.907. The lowest BCUT2D eigenvalue weighted by Crippen LogP contribution is -1.97. The minimum absolute atomic E-state index is 0.200. The number of nitrogen functional groups attached to an aromatic ring is 2. The molecule has 0 amide bonds. The number of rotatable bonds is 1. The van der Waals surface area contributed by atoms with Crippen LogP contribution < -0.4 is 11.5 Å². The lowest BCUT2D eigenvalue weighted by Gasteiger charge is -2.00. The number of benzene rings is 1.